The van der Waals surface area contributed by atoms with Gasteiger partial charge in [-0.3, -0.25) is 0 Å². The second-order valence-corrected chi connectivity index (χ2v) is 4.49. The molecule has 0 fully saturated rings. The highest BCUT2D eigenvalue weighted by atomic mass is 79.9. The molecule has 0 spiro atoms. The fraction of sp³-hybridized carbons (Fsp3) is 0. The number of halogens is 3. The van der Waals surface area contributed by atoms with Crippen LogP contribution in [0, 0.1) is 23.0 Å². The lowest BCUT2D eigenvalue weighted by Crippen LogP contribution is -1.96. The summed E-state index contributed by atoms with van der Waals surface area (Å²) < 4.78 is 32.3. The Morgan fingerprint density at radius 1 is 1.16 bits per heavy atom. The van der Waals surface area contributed by atoms with Gasteiger partial charge in [-0.15, -0.1) is 0 Å². The first kappa shape index (κ1) is 13.3. The van der Waals surface area contributed by atoms with Gasteiger partial charge in [0.05, 0.1) is 10.2 Å². The molecular formula is C13H7BrF2N2O. The van der Waals surface area contributed by atoms with Crippen molar-refractivity contribution < 1.29 is 13.5 Å². The zero-order chi connectivity index (χ0) is 14.0. The molecule has 2 rings (SSSR count). The molecule has 0 saturated carbocycles. The fourth-order valence-corrected chi connectivity index (χ4v) is 1.81. The summed E-state index contributed by atoms with van der Waals surface area (Å²) in [5.74, 6) is -1.28. The van der Waals surface area contributed by atoms with Gasteiger partial charge < -0.3 is 10.5 Å². The van der Waals surface area contributed by atoms with Crippen LogP contribution in [-0.4, -0.2) is 0 Å². The topological polar surface area (TPSA) is 59.0 Å². The highest BCUT2D eigenvalue weighted by Crippen LogP contribution is 2.33. The Morgan fingerprint density at radius 3 is 2.58 bits per heavy atom. The van der Waals surface area contributed by atoms with E-state index in [0.29, 0.717) is 0 Å². The van der Waals surface area contributed by atoms with E-state index in [1.807, 2.05) is 0 Å². The molecule has 2 N–H and O–H groups in total. The van der Waals surface area contributed by atoms with Crippen LogP contribution in [0.3, 0.4) is 0 Å². The third-order valence-corrected chi connectivity index (χ3v) is 2.97. The van der Waals surface area contributed by atoms with E-state index in [1.54, 1.807) is 6.07 Å². The molecule has 6 heteroatoms. The molecule has 0 aliphatic heterocycles. The van der Waals surface area contributed by atoms with Gasteiger partial charge in [-0.05, 0) is 34.1 Å². The van der Waals surface area contributed by atoms with Gasteiger partial charge in [0.25, 0.3) is 0 Å². The lowest BCUT2D eigenvalue weighted by molar-refractivity contribution is 0.471. The second-order valence-electron chi connectivity index (χ2n) is 3.63. The van der Waals surface area contributed by atoms with E-state index in [-0.39, 0.29) is 27.2 Å². The first-order valence-electron chi connectivity index (χ1n) is 5.14. The van der Waals surface area contributed by atoms with Crippen LogP contribution in [0.4, 0.5) is 14.5 Å². The standard InChI is InChI=1S/C13H7BrF2N2O/c14-8-4-11(18)13(5-10(8)16)19-12-3-1-2-9(15)7(12)6-17/h1-5H,18H2. The van der Waals surface area contributed by atoms with E-state index in [0.717, 1.165) is 12.1 Å². The number of rotatable bonds is 2. The van der Waals surface area contributed by atoms with Gasteiger partial charge in [-0.25, -0.2) is 8.78 Å². The number of hydrogen-bond donors (Lipinski definition) is 1. The monoisotopic (exact) mass is 324 g/mol. The predicted molar refractivity (Wildman–Crippen MR) is 69.7 cm³/mol. The van der Waals surface area contributed by atoms with Crippen molar-refractivity contribution in [1.29, 1.82) is 5.26 Å². The van der Waals surface area contributed by atoms with Crippen molar-refractivity contribution in [3.63, 3.8) is 0 Å². The van der Waals surface area contributed by atoms with Crippen molar-refractivity contribution in [2.45, 2.75) is 0 Å². The largest absolute Gasteiger partial charge is 0.454 e. The Morgan fingerprint density at radius 2 is 1.89 bits per heavy atom. The van der Waals surface area contributed by atoms with Crippen molar-refractivity contribution in [3.8, 4) is 17.6 Å². The highest BCUT2D eigenvalue weighted by Gasteiger charge is 2.13. The molecule has 96 valence electrons. The van der Waals surface area contributed by atoms with Crippen LogP contribution in [0.15, 0.2) is 34.8 Å². The zero-order valence-electron chi connectivity index (χ0n) is 9.45. The molecule has 0 aromatic heterocycles. The molecule has 0 aliphatic carbocycles. The second kappa shape index (κ2) is 5.24. The molecule has 0 radical (unpaired) electrons. The van der Waals surface area contributed by atoms with E-state index in [1.165, 1.54) is 18.2 Å². The van der Waals surface area contributed by atoms with Crippen LogP contribution in [0.2, 0.25) is 0 Å². The maximum atomic E-state index is 13.4. The molecular weight excluding hydrogens is 318 g/mol. The van der Waals surface area contributed by atoms with Gasteiger partial charge in [-0.1, -0.05) is 6.07 Å². The maximum absolute atomic E-state index is 13.4. The number of nitrogens with zero attached hydrogens (tertiary/aromatic N) is 1. The molecule has 19 heavy (non-hydrogen) atoms. The molecule has 0 bridgehead atoms. The Bertz CT molecular complexity index is 683. The van der Waals surface area contributed by atoms with Crippen LogP contribution >= 0.6 is 15.9 Å². The molecule has 0 heterocycles. The van der Waals surface area contributed by atoms with Gasteiger partial charge in [0.1, 0.15) is 29.0 Å². The third kappa shape index (κ3) is 2.66. The number of nitriles is 1. The van der Waals surface area contributed by atoms with Crippen LogP contribution in [0.1, 0.15) is 5.56 Å². The summed E-state index contributed by atoms with van der Waals surface area (Å²) in [5, 5.41) is 8.86. The van der Waals surface area contributed by atoms with Crippen molar-refractivity contribution in [2.75, 3.05) is 5.73 Å². The predicted octanol–water partition coefficient (Wildman–Crippen LogP) is 3.97. The first-order chi connectivity index (χ1) is 9.02. The molecule has 2 aromatic carbocycles. The number of nitrogens with two attached hydrogens (primary N) is 1. The van der Waals surface area contributed by atoms with Gasteiger partial charge >= 0.3 is 0 Å². The summed E-state index contributed by atoms with van der Waals surface area (Å²) in [6, 6.07) is 8.00. The maximum Gasteiger partial charge on any atom is 0.153 e. The smallest absolute Gasteiger partial charge is 0.153 e. The Balaban J connectivity index is 2.45. The number of anilines is 1. The average Bonchev–Trinajstić information content (AvgIpc) is 2.36. The average molecular weight is 325 g/mol. The van der Waals surface area contributed by atoms with Gasteiger partial charge in [0.2, 0.25) is 0 Å². The van der Waals surface area contributed by atoms with E-state index < -0.39 is 11.6 Å². The van der Waals surface area contributed by atoms with Crippen LogP contribution < -0.4 is 10.5 Å². The minimum Gasteiger partial charge on any atom is -0.454 e. The van der Waals surface area contributed by atoms with Gasteiger partial charge in [0, 0.05) is 6.07 Å². The lowest BCUT2D eigenvalue weighted by atomic mass is 10.2. The van der Waals surface area contributed by atoms with Crippen LogP contribution in [0.5, 0.6) is 11.5 Å². The molecule has 0 unspecified atom stereocenters. The summed E-state index contributed by atoms with van der Waals surface area (Å²) in [5.41, 5.74) is 5.58. The lowest BCUT2D eigenvalue weighted by Gasteiger charge is -2.10. The number of hydrogen-bond acceptors (Lipinski definition) is 3. The number of benzene rings is 2. The Labute approximate surface area is 116 Å². The number of nitrogen functional groups attached to an aromatic ring is 1. The van der Waals surface area contributed by atoms with Crippen molar-refractivity contribution >= 4 is 21.6 Å². The van der Waals surface area contributed by atoms with Crippen molar-refractivity contribution in [1.82, 2.24) is 0 Å². The quantitative estimate of drug-likeness (QED) is 0.850. The first-order valence-corrected chi connectivity index (χ1v) is 5.93. The van der Waals surface area contributed by atoms with E-state index in [2.05, 4.69) is 15.9 Å². The summed E-state index contributed by atoms with van der Waals surface area (Å²) in [7, 11) is 0. The molecule has 0 amide bonds. The summed E-state index contributed by atoms with van der Waals surface area (Å²) in [6.07, 6.45) is 0. The van der Waals surface area contributed by atoms with Crippen LogP contribution in [-0.2, 0) is 0 Å². The number of ether oxygens (including phenoxy) is 1. The van der Waals surface area contributed by atoms with Crippen molar-refractivity contribution in [3.05, 3.63) is 52.0 Å². The molecule has 0 atom stereocenters. The molecule has 0 aliphatic rings. The summed E-state index contributed by atoms with van der Waals surface area (Å²) in [4.78, 5) is 0. The minimum atomic E-state index is -0.712. The van der Waals surface area contributed by atoms with E-state index in [4.69, 9.17) is 15.7 Å². The van der Waals surface area contributed by atoms with Gasteiger partial charge in [0.15, 0.2) is 5.75 Å². The Hall–Kier alpha value is -2.13. The highest BCUT2D eigenvalue weighted by molar-refractivity contribution is 9.10. The summed E-state index contributed by atoms with van der Waals surface area (Å²) in [6.45, 7) is 0. The third-order valence-electron chi connectivity index (χ3n) is 2.36. The SMILES string of the molecule is N#Cc1c(F)cccc1Oc1cc(F)c(Br)cc1N. The van der Waals surface area contributed by atoms with Gasteiger partial charge in [-0.2, -0.15) is 5.26 Å². The fourth-order valence-electron chi connectivity index (χ4n) is 1.45. The molecule has 2 aromatic rings. The Kier molecular flexibility index (Phi) is 3.67. The van der Waals surface area contributed by atoms with Crippen molar-refractivity contribution in [2.24, 2.45) is 0 Å². The normalized spacial score (nSPS) is 10.0. The summed E-state index contributed by atoms with van der Waals surface area (Å²) >= 11 is 2.98. The zero-order valence-corrected chi connectivity index (χ0v) is 11.0. The molecule has 0 saturated heterocycles. The minimum absolute atomic E-state index is 0.0165. The van der Waals surface area contributed by atoms with E-state index >= 15 is 0 Å². The molecule has 3 nitrogen and oxygen atoms in total. The van der Waals surface area contributed by atoms with Crippen LogP contribution in [0.25, 0.3) is 0 Å². The van der Waals surface area contributed by atoms with E-state index in [9.17, 15) is 8.78 Å².